The van der Waals surface area contributed by atoms with Crippen molar-refractivity contribution in [3.8, 4) is 5.75 Å². The Hall–Kier alpha value is -1.76. The molecule has 1 atom stereocenters. The van der Waals surface area contributed by atoms with Crippen LogP contribution in [0.4, 0.5) is 13.2 Å². The topological polar surface area (TPSA) is 50.4 Å². The molecule has 1 amide bonds. The molecule has 7 heteroatoms. The highest BCUT2D eigenvalue weighted by atomic mass is 19.3. The quantitative estimate of drug-likeness (QED) is 0.881. The smallest absolute Gasteiger partial charge is 0.262 e. The average Bonchev–Trinajstić information content (AvgIpc) is 2.77. The molecule has 2 N–H and O–H groups in total. The molecule has 2 rings (SSSR count). The summed E-state index contributed by atoms with van der Waals surface area (Å²) in [5, 5.41) is 4.88. The molecule has 1 heterocycles. The van der Waals surface area contributed by atoms with E-state index in [0.717, 1.165) is 0 Å². The summed E-state index contributed by atoms with van der Waals surface area (Å²) in [6.07, 6.45) is -0.538. The Labute approximate surface area is 114 Å². The van der Waals surface area contributed by atoms with Crippen LogP contribution in [0.15, 0.2) is 18.2 Å². The minimum Gasteiger partial charge on any atom is -0.497 e. The zero-order valence-corrected chi connectivity index (χ0v) is 10.9. The number of benzene rings is 1. The molecule has 0 radical (unpaired) electrons. The molecular formula is C13H15F3N2O2. The largest absolute Gasteiger partial charge is 0.497 e. The number of carbonyl (C=O) groups is 1. The van der Waals surface area contributed by atoms with Crippen LogP contribution in [0.25, 0.3) is 0 Å². The maximum Gasteiger partial charge on any atom is 0.262 e. The first kappa shape index (κ1) is 14.6. The summed E-state index contributed by atoms with van der Waals surface area (Å²) in [5.74, 6) is -3.57. The van der Waals surface area contributed by atoms with Crippen molar-refractivity contribution in [2.75, 3.05) is 13.7 Å². The van der Waals surface area contributed by atoms with Crippen molar-refractivity contribution in [2.45, 2.75) is 24.9 Å². The molecule has 110 valence electrons. The molecule has 1 aliphatic rings. The van der Waals surface area contributed by atoms with Gasteiger partial charge in [0.15, 0.2) is 0 Å². The standard InChI is InChI=1S/C13H15F3N2O2/c1-20-9-3-2-8(10(14)4-9)6-17-12(19)11-5-13(15,16)7-18-11/h2-4,11,18H,5-7H2,1H3,(H,17,19). The van der Waals surface area contributed by atoms with Crippen molar-refractivity contribution < 1.29 is 22.7 Å². The van der Waals surface area contributed by atoms with Gasteiger partial charge in [-0.1, -0.05) is 6.07 Å². The van der Waals surface area contributed by atoms with E-state index in [-0.39, 0.29) is 12.1 Å². The normalized spacial score (nSPS) is 20.7. The van der Waals surface area contributed by atoms with E-state index in [0.29, 0.717) is 5.75 Å². The highest BCUT2D eigenvalue weighted by Crippen LogP contribution is 2.25. The van der Waals surface area contributed by atoms with Crippen LogP contribution >= 0.6 is 0 Å². The maximum absolute atomic E-state index is 13.6. The van der Waals surface area contributed by atoms with Crippen LogP contribution in [0.2, 0.25) is 0 Å². The summed E-state index contributed by atoms with van der Waals surface area (Å²) in [6, 6.07) is 3.30. The predicted molar refractivity (Wildman–Crippen MR) is 66.2 cm³/mol. The van der Waals surface area contributed by atoms with Crippen molar-refractivity contribution in [1.82, 2.24) is 10.6 Å². The summed E-state index contributed by atoms with van der Waals surface area (Å²) in [6.45, 7) is -0.569. The lowest BCUT2D eigenvalue weighted by Crippen LogP contribution is -2.40. The van der Waals surface area contributed by atoms with Crippen molar-refractivity contribution >= 4 is 5.91 Å². The van der Waals surface area contributed by atoms with E-state index in [1.54, 1.807) is 6.07 Å². The monoisotopic (exact) mass is 288 g/mol. The number of carbonyl (C=O) groups excluding carboxylic acids is 1. The first-order valence-electron chi connectivity index (χ1n) is 6.12. The zero-order chi connectivity index (χ0) is 14.8. The molecule has 20 heavy (non-hydrogen) atoms. The van der Waals surface area contributed by atoms with Crippen LogP contribution in [-0.4, -0.2) is 31.5 Å². The molecule has 1 unspecified atom stereocenters. The van der Waals surface area contributed by atoms with E-state index in [4.69, 9.17) is 4.74 Å². The number of alkyl halides is 2. The van der Waals surface area contributed by atoms with E-state index < -0.39 is 36.7 Å². The molecule has 0 spiro atoms. The number of methoxy groups -OCH3 is 1. The van der Waals surface area contributed by atoms with Gasteiger partial charge in [-0.2, -0.15) is 0 Å². The third-order valence-electron chi connectivity index (χ3n) is 3.14. The minimum absolute atomic E-state index is 0.0571. The Balaban J connectivity index is 1.91. The summed E-state index contributed by atoms with van der Waals surface area (Å²) in [4.78, 5) is 11.7. The van der Waals surface area contributed by atoms with E-state index in [9.17, 15) is 18.0 Å². The average molecular weight is 288 g/mol. The molecule has 0 aromatic heterocycles. The number of rotatable bonds is 4. The third-order valence-corrected chi connectivity index (χ3v) is 3.14. The fourth-order valence-electron chi connectivity index (χ4n) is 2.00. The Kier molecular flexibility index (Phi) is 4.17. The first-order valence-corrected chi connectivity index (χ1v) is 6.12. The van der Waals surface area contributed by atoms with Gasteiger partial charge in [0, 0.05) is 24.6 Å². The van der Waals surface area contributed by atoms with Crippen molar-refractivity contribution in [3.63, 3.8) is 0 Å². The van der Waals surface area contributed by atoms with Gasteiger partial charge < -0.3 is 10.1 Å². The number of halogens is 3. The zero-order valence-electron chi connectivity index (χ0n) is 10.9. The number of nitrogens with one attached hydrogen (secondary N) is 2. The van der Waals surface area contributed by atoms with Crippen LogP contribution in [0, 0.1) is 5.82 Å². The molecule has 0 aliphatic carbocycles. The molecule has 1 aromatic rings. The van der Waals surface area contributed by atoms with Crippen molar-refractivity contribution in [1.29, 1.82) is 0 Å². The van der Waals surface area contributed by atoms with Crippen LogP contribution in [-0.2, 0) is 11.3 Å². The van der Waals surface area contributed by atoms with Crippen LogP contribution < -0.4 is 15.4 Å². The third kappa shape index (κ3) is 3.41. The molecular weight excluding hydrogens is 273 g/mol. The lowest BCUT2D eigenvalue weighted by Gasteiger charge is -2.12. The first-order chi connectivity index (χ1) is 9.41. The number of ether oxygens (including phenoxy) is 1. The molecule has 1 saturated heterocycles. The molecule has 0 bridgehead atoms. The number of hydrogen-bond acceptors (Lipinski definition) is 3. The lowest BCUT2D eigenvalue weighted by molar-refractivity contribution is -0.123. The summed E-state index contributed by atoms with van der Waals surface area (Å²) < 4.78 is 44.4. The fourth-order valence-corrected chi connectivity index (χ4v) is 2.00. The summed E-state index contributed by atoms with van der Waals surface area (Å²) in [5.41, 5.74) is 0.268. The van der Waals surface area contributed by atoms with Gasteiger partial charge in [0.1, 0.15) is 11.6 Å². The van der Waals surface area contributed by atoms with Gasteiger partial charge in [-0.25, -0.2) is 13.2 Å². The molecule has 1 aromatic carbocycles. The summed E-state index contributed by atoms with van der Waals surface area (Å²) >= 11 is 0. The van der Waals surface area contributed by atoms with Crippen LogP contribution in [0.1, 0.15) is 12.0 Å². The second-order valence-electron chi connectivity index (χ2n) is 4.67. The SMILES string of the molecule is COc1ccc(CNC(=O)C2CC(F)(F)CN2)c(F)c1. The van der Waals surface area contributed by atoms with Gasteiger partial charge in [0.25, 0.3) is 5.92 Å². The number of hydrogen-bond donors (Lipinski definition) is 2. The summed E-state index contributed by atoms with van der Waals surface area (Å²) in [7, 11) is 1.42. The van der Waals surface area contributed by atoms with Crippen LogP contribution in [0.3, 0.4) is 0 Å². The Morgan fingerprint density at radius 2 is 2.30 bits per heavy atom. The highest BCUT2D eigenvalue weighted by Gasteiger charge is 2.42. The van der Waals surface area contributed by atoms with Crippen molar-refractivity contribution in [3.05, 3.63) is 29.6 Å². The molecule has 1 aliphatic heterocycles. The Morgan fingerprint density at radius 3 is 2.85 bits per heavy atom. The van der Waals surface area contributed by atoms with Gasteiger partial charge in [-0.3, -0.25) is 10.1 Å². The van der Waals surface area contributed by atoms with E-state index in [2.05, 4.69) is 10.6 Å². The molecule has 1 fully saturated rings. The Morgan fingerprint density at radius 1 is 1.55 bits per heavy atom. The fraction of sp³-hybridized carbons (Fsp3) is 0.462. The van der Waals surface area contributed by atoms with Gasteiger partial charge in [-0.15, -0.1) is 0 Å². The minimum atomic E-state index is -2.87. The highest BCUT2D eigenvalue weighted by molar-refractivity contribution is 5.82. The predicted octanol–water partition coefficient (Wildman–Crippen LogP) is 1.45. The lowest BCUT2D eigenvalue weighted by atomic mass is 10.1. The van der Waals surface area contributed by atoms with Gasteiger partial charge in [0.2, 0.25) is 5.91 Å². The van der Waals surface area contributed by atoms with Gasteiger partial charge in [0.05, 0.1) is 19.7 Å². The van der Waals surface area contributed by atoms with E-state index in [1.165, 1.54) is 19.2 Å². The molecule has 0 saturated carbocycles. The van der Waals surface area contributed by atoms with Gasteiger partial charge in [-0.05, 0) is 6.07 Å². The number of amides is 1. The maximum atomic E-state index is 13.6. The van der Waals surface area contributed by atoms with E-state index in [1.807, 2.05) is 0 Å². The van der Waals surface area contributed by atoms with Crippen molar-refractivity contribution in [2.24, 2.45) is 0 Å². The molecule has 4 nitrogen and oxygen atoms in total. The van der Waals surface area contributed by atoms with Crippen LogP contribution in [0.5, 0.6) is 5.75 Å². The Bertz CT molecular complexity index is 508. The second-order valence-corrected chi connectivity index (χ2v) is 4.67. The van der Waals surface area contributed by atoms with E-state index >= 15 is 0 Å². The second kappa shape index (κ2) is 5.70. The van der Waals surface area contributed by atoms with Gasteiger partial charge >= 0.3 is 0 Å².